The predicted molar refractivity (Wildman–Crippen MR) is 68.7 cm³/mol. The molecule has 0 saturated carbocycles. The molecule has 0 aliphatic carbocycles. The Balaban J connectivity index is 2.78. The fourth-order valence-electron chi connectivity index (χ4n) is 1.88. The molecule has 0 aliphatic heterocycles. The van der Waals surface area contributed by atoms with Gasteiger partial charge in [0.1, 0.15) is 5.60 Å². The van der Waals surface area contributed by atoms with Crippen LogP contribution in [0.25, 0.3) is 0 Å². The number of hydrogen-bond acceptors (Lipinski definition) is 5. The summed E-state index contributed by atoms with van der Waals surface area (Å²) in [7, 11) is 0. The highest BCUT2D eigenvalue weighted by Crippen LogP contribution is 2.27. The molecule has 19 heavy (non-hydrogen) atoms. The van der Waals surface area contributed by atoms with Crippen molar-refractivity contribution in [2.24, 2.45) is 5.41 Å². The van der Waals surface area contributed by atoms with Crippen LogP contribution in [0, 0.1) is 5.41 Å². The number of carbonyl (C=O) groups is 1. The molecular weight excluding hydrogens is 248 g/mol. The fourth-order valence-corrected chi connectivity index (χ4v) is 1.88. The molecule has 0 spiro atoms. The first kappa shape index (κ1) is 15.6. The summed E-state index contributed by atoms with van der Waals surface area (Å²) in [5, 5.41) is 12.8. The van der Waals surface area contributed by atoms with Gasteiger partial charge in [0, 0.05) is 13.0 Å². The van der Waals surface area contributed by atoms with Gasteiger partial charge < -0.3 is 14.4 Å². The summed E-state index contributed by atoms with van der Waals surface area (Å²) in [4.78, 5) is 15.1. The van der Waals surface area contributed by atoms with Crippen molar-refractivity contribution in [1.82, 2.24) is 10.1 Å². The number of carboxylic acids is 1. The summed E-state index contributed by atoms with van der Waals surface area (Å²) >= 11 is 0. The number of aromatic nitrogens is 2. The summed E-state index contributed by atoms with van der Waals surface area (Å²) in [6.07, 6.45) is 0.480. The van der Waals surface area contributed by atoms with E-state index in [0.29, 0.717) is 24.7 Å². The second-order valence-corrected chi connectivity index (χ2v) is 5.87. The first-order valence-corrected chi connectivity index (χ1v) is 6.35. The SMILES string of the molecule is CCOC(C)(C)c1noc(CC(C)(C)CC(=O)O)n1. The molecule has 0 amide bonds. The molecule has 0 radical (unpaired) electrons. The lowest BCUT2D eigenvalue weighted by Crippen LogP contribution is -2.23. The second-order valence-electron chi connectivity index (χ2n) is 5.87. The van der Waals surface area contributed by atoms with Crippen molar-refractivity contribution in [3.63, 3.8) is 0 Å². The fraction of sp³-hybridized carbons (Fsp3) is 0.769. The van der Waals surface area contributed by atoms with Gasteiger partial charge in [0.05, 0.1) is 6.42 Å². The quantitative estimate of drug-likeness (QED) is 0.818. The Morgan fingerprint density at radius 2 is 2.00 bits per heavy atom. The third-order valence-corrected chi connectivity index (χ3v) is 2.77. The van der Waals surface area contributed by atoms with Crippen molar-refractivity contribution in [1.29, 1.82) is 0 Å². The van der Waals surface area contributed by atoms with E-state index in [9.17, 15) is 4.79 Å². The van der Waals surface area contributed by atoms with E-state index in [1.165, 1.54) is 0 Å². The first-order valence-electron chi connectivity index (χ1n) is 6.35. The van der Waals surface area contributed by atoms with E-state index in [4.69, 9.17) is 14.4 Å². The topological polar surface area (TPSA) is 85.5 Å². The van der Waals surface area contributed by atoms with Crippen LogP contribution in [0.1, 0.15) is 52.8 Å². The molecule has 0 bridgehead atoms. The molecule has 0 aliphatic rings. The zero-order valence-electron chi connectivity index (χ0n) is 12.2. The Kier molecular flexibility index (Phi) is 4.68. The molecule has 1 rings (SSSR count). The number of carboxylic acid groups (broad SMARTS) is 1. The molecule has 0 aromatic carbocycles. The molecule has 1 heterocycles. The third kappa shape index (κ3) is 4.63. The molecule has 1 N–H and O–H groups in total. The van der Waals surface area contributed by atoms with Crippen LogP contribution in [0.4, 0.5) is 0 Å². The minimum atomic E-state index is -0.834. The van der Waals surface area contributed by atoms with Crippen LogP contribution in [0.3, 0.4) is 0 Å². The minimum absolute atomic E-state index is 0.0551. The summed E-state index contributed by atoms with van der Waals surface area (Å²) in [6, 6.07) is 0. The Labute approximate surface area is 113 Å². The van der Waals surface area contributed by atoms with Gasteiger partial charge in [-0.15, -0.1) is 0 Å². The smallest absolute Gasteiger partial charge is 0.303 e. The van der Waals surface area contributed by atoms with Crippen LogP contribution in [0.15, 0.2) is 4.52 Å². The Hall–Kier alpha value is -1.43. The summed E-state index contributed by atoms with van der Waals surface area (Å²) in [6.45, 7) is 9.92. The van der Waals surface area contributed by atoms with Crippen molar-refractivity contribution in [2.45, 2.75) is 53.1 Å². The van der Waals surface area contributed by atoms with Crippen LogP contribution < -0.4 is 0 Å². The highest BCUT2D eigenvalue weighted by atomic mass is 16.5. The first-order chi connectivity index (χ1) is 8.66. The lowest BCUT2D eigenvalue weighted by atomic mass is 9.86. The normalized spacial score (nSPS) is 12.7. The van der Waals surface area contributed by atoms with Crippen molar-refractivity contribution < 1.29 is 19.2 Å². The van der Waals surface area contributed by atoms with E-state index in [1.54, 1.807) is 0 Å². The largest absolute Gasteiger partial charge is 0.481 e. The summed E-state index contributed by atoms with van der Waals surface area (Å²) < 4.78 is 10.7. The van der Waals surface area contributed by atoms with Gasteiger partial charge in [0.2, 0.25) is 11.7 Å². The van der Waals surface area contributed by atoms with E-state index in [1.807, 2.05) is 34.6 Å². The Morgan fingerprint density at radius 1 is 1.37 bits per heavy atom. The summed E-state index contributed by atoms with van der Waals surface area (Å²) in [5.74, 6) is 0.0869. The highest BCUT2D eigenvalue weighted by Gasteiger charge is 2.30. The van der Waals surface area contributed by atoms with Crippen molar-refractivity contribution >= 4 is 5.97 Å². The number of hydrogen-bond donors (Lipinski definition) is 1. The van der Waals surface area contributed by atoms with Gasteiger partial charge in [-0.05, 0) is 26.2 Å². The van der Waals surface area contributed by atoms with Gasteiger partial charge in [0.15, 0.2) is 0 Å². The molecule has 108 valence electrons. The lowest BCUT2D eigenvalue weighted by Gasteiger charge is -2.20. The zero-order chi connectivity index (χ0) is 14.7. The number of rotatable bonds is 7. The van der Waals surface area contributed by atoms with Gasteiger partial charge in [0.25, 0.3) is 0 Å². The van der Waals surface area contributed by atoms with E-state index >= 15 is 0 Å². The zero-order valence-corrected chi connectivity index (χ0v) is 12.2. The van der Waals surface area contributed by atoms with E-state index in [2.05, 4.69) is 10.1 Å². The van der Waals surface area contributed by atoms with Gasteiger partial charge >= 0.3 is 5.97 Å². The van der Waals surface area contributed by atoms with Crippen molar-refractivity contribution in [3.05, 3.63) is 11.7 Å². The maximum atomic E-state index is 10.8. The average Bonchev–Trinajstić information content (AvgIpc) is 2.63. The molecule has 6 heteroatoms. The predicted octanol–water partition coefficient (Wildman–Crippen LogP) is 2.38. The minimum Gasteiger partial charge on any atom is -0.481 e. The maximum Gasteiger partial charge on any atom is 0.303 e. The van der Waals surface area contributed by atoms with E-state index in [0.717, 1.165) is 0 Å². The van der Waals surface area contributed by atoms with E-state index < -0.39 is 17.0 Å². The second kappa shape index (κ2) is 5.69. The third-order valence-electron chi connectivity index (χ3n) is 2.77. The van der Waals surface area contributed by atoms with Crippen LogP contribution in [0.2, 0.25) is 0 Å². The number of nitrogens with zero attached hydrogens (tertiary/aromatic N) is 2. The van der Waals surface area contributed by atoms with Crippen LogP contribution >= 0.6 is 0 Å². The summed E-state index contributed by atoms with van der Waals surface area (Å²) in [5.41, 5.74) is -1.03. The van der Waals surface area contributed by atoms with Gasteiger partial charge in [-0.1, -0.05) is 19.0 Å². The van der Waals surface area contributed by atoms with Gasteiger partial charge in [-0.25, -0.2) is 0 Å². The molecule has 1 aromatic rings. The van der Waals surface area contributed by atoms with Crippen LogP contribution in [-0.2, 0) is 21.6 Å². The average molecular weight is 270 g/mol. The monoisotopic (exact) mass is 270 g/mol. The molecule has 1 aromatic heterocycles. The number of aliphatic carboxylic acids is 1. The van der Waals surface area contributed by atoms with Crippen molar-refractivity contribution in [3.8, 4) is 0 Å². The highest BCUT2D eigenvalue weighted by molar-refractivity contribution is 5.67. The molecular formula is C13H22N2O4. The molecule has 6 nitrogen and oxygen atoms in total. The molecule has 0 atom stereocenters. The van der Waals surface area contributed by atoms with E-state index in [-0.39, 0.29) is 6.42 Å². The number of ether oxygens (including phenoxy) is 1. The molecule has 0 unspecified atom stereocenters. The Bertz CT molecular complexity index is 438. The Morgan fingerprint density at radius 3 is 2.53 bits per heavy atom. The lowest BCUT2D eigenvalue weighted by molar-refractivity contribution is -0.139. The molecule has 0 saturated heterocycles. The molecule has 0 fully saturated rings. The van der Waals surface area contributed by atoms with Gasteiger partial charge in [-0.3, -0.25) is 4.79 Å². The maximum absolute atomic E-state index is 10.8. The standard InChI is InChI=1S/C13H22N2O4/c1-6-18-13(4,5)11-14-9(19-15-11)7-12(2,3)8-10(16)17/h6-8H2,1-5H3,(H,16,17). The van der Waals surface area contributed by atoms with Gasteiger partial charge in [-0.2, -0.15) is 4.98 Å². The van der Waals surface area contributed by atoms with Crippen LogP contribution in [-0.4, -0.2) is 27.8 Å². The van der Waals surface area contributed by atoms with Crippen molar-refractivity contribution in [2.75, 3.05) is 6.61 Å². The van der Waals surface area contributed by atoms with Crippen LogP contribution in [0.5, 0.6) is 0 Å².